The van der Waals surface area contributed by atoms with Crippen molar-refractivity contribution in [3.05, 3.63) is 231 Å². The van der Waals surface area contributed by atoms with Crippen LogP contribution >= 0.6 is 22.7 Å². The van der Waals surface area contributed by atoms with Crippen LogP contribution in [-0.4, -0.2) is 0 Å². The fourth-order valence-electron chi connectivity index (χ4n) is 12.0. The third-order valence-corrected chi connectivity index (χ3v) is 17.6. The van der Waals surface area contributed by atoms with Crippen molar-refractivity contribution in [2.75, 3.05) is 9.80 Å². The number of hydrogen-bond donors (Lipinski definition) is 0. The highest BCUT2D eigenvalue weighted by Crippen LogP contribution is 2.47. The third-order valence-electron chi connectivity index (χ3n) is 15.4. The number of thiophene rings is 2. The maximum absolute atomic E-state index is 6.80. The Hall–Kier alpha value is -9.40. The minimum Gasteiger partial charge on any atom is -0.456 e. The molecule has 0 unspecified atom stereocenters. The van der Waals surface area contributed by atoms with E-state index in [0.717, 1.165) is 99.9 Å². The van der Waals surface area contributed by atoms with Crippen molar-refractivity contribution in [2.24, 2.45) is 0 Å². The summed E-state index contributed by atoms with van der Waals surface area (Å²) in [5.74, 6) is 0. The Bertz CT molecular complexity index is 4890. The molecule has 0 N–H and O–H groups in total. The summed E-state index contributed by atoms with van der Waals surface area (Å²) in [5.41, 5.74) is 11.2. The molecule has 0 fully saturated rings. The molecule has 0 aliphatic carbocycles. The van der Waals surface area contributed by atoms with Crippen LogP contribution in [0, 0.1) is 0 Å². The molecule has 5 aromatic heterocycles. The molecule has 0 aliphatic rings. The molecular formula is C68H38N2O3S2. The van der Waals surface area contributed by atoms with Gasteiger partial charge in [-0.15, -0.1) is 22.7 Å². The minimum atomic E-state index is 0.806. The van der Waals surface area contributed by atoms with Gasteiger partial charge >= 0.3 is 0 Å². The fourth-order valence-corrected chi connectivity index (χ4v) is 14.3. The summed E-state index contributed by atoms with van der Waals surface area (Å²) in [6.45, 7) is 0. The molecular weight excluding hydrogens is 957 g/mol. The molecule has 0 radical (unpaired) electrons. The number of para-hydroxylation sites is 2. The van der Waals surface area contributed by atoms with Crippen molar-refractivity contribution < 1.29 is 13.3 Å². The summed E-state index contributed by atoms with van der Waals surface area (Å²) in [6.07, 6.45) is 0. The summed E-state index contributed by atoms with van der Waals surface area (Å²) < 4.78 is 25.4. The van der Waals surface area contributed by atoms with E-state index in [1.54, 1.807) is 0 Å². The van der Waals surface area contributed by atoms with Gasteiger partial charge in [0.05, 0.1) is 0 Å². The van der Waals surface area contributed by atoms with Crippen molar-refractivity contribution in [1.82, 2.24) is 0 Å². The van der Waals surface area contributed by atoms with Crippen molar-refractivity contribution >= 4 is 185 Å². The second-order valence-corrected chi connectivity index (χ2v) is 21.8. The Balaban J connectivity index is 0.751. The number of nitrogens with zero attached hydrogens (tertiary/aromatic N) is 2. The Morgan fingerprint density at radius 3 is 1.00 bits per heavy atom. The number of anilines is 6. The molecule has 0 saturated heterocycles. The highest BCUT2D eigenvalue weighted by atomic mass is 32.1. The Kier molecular flexibility index (Phi) is 8.53. The quantitative estimate of drug-likeness (QED) is 0.166. The van der Waals surface area contributed by atoms with Crippen LogP contribution in [0.25, 0.3) is 128 Å². The molecule has 7 heteroatoms. The largest absolute Gasteiger partial charge is 0.456 e. The van der Waals surface area contributed by atoms with Crippen molar-refractivity contribution in [3.8, 4) is 0 Å². The van der Waals surface area contributed by atoms with Crippen LogP contribution in [0.1, 0.15) is 0 Å². The van der Waals surface area contributed by atoms with E-state index in [4.69, 9.17) is 13.3 Å². The minimum absolute atomic E-state index is 0.806. The van der Waals surface area contributed by atoms with Crippen molar-refractivity contribution in [2.45, 2.75) is 0 Å². The van der Waals surface area contributed by atoms with Gasteiger partial charge in [0.1, 0.15) is 33.5 Å². The molecule has 0 atom stereocenters. The van der Waals surface area contributed by atoms with Gasteiger partial charge in [-0.1, -0.05) is 109 Å². The zero-order valence-electron chi connectivity index (χ0n) is 39.9. The number of rotatable bonds is 6. The first-order valence-corrected chi connectivity index (χ1v) is 26.8. The van der Waals surface area contributed by atoms with Crippen LogP contribution < -0.4 is 9.80 Å². The number of fused-ring (bicyclic) bond motifs is 19. The van der Waals surface area contributed by atoms with Gasteiger partial charge in [0.25, 0.3) is 0 Å². The van der Waals surface area contributed by atoms with Gasteiger partial charge in [-0.3, -0.25) is 0 Å². The Morgan fingerprint density at radius 2 is 0.573 bits per heavy atom. The first-order valence-electron chi connectivity index (χ1n) is 25.2. The molecule has 0 spiro atoms. The summed E-state index contributed by atoms with van der Waals surface area (Å²) in [6, 6.07) is 82.9. The molecule has 0 saturated carbocycles. The Labute approximate surface area is 435 Å². The fraction of sp³-hybridized carbons (Fsp3) is 0. The topological polar surface area (TPSA) is 45.9 Å². The molecule has 5 nitrogen and oxygen atoms in total. The molecule has 17 aromatic rings. The van der Waals surface area contributed by atoms with E-state index in [-0.39, 0.29) is 0 Å². The first-order chi connectivity index (χ1) is 37.1. The molecule has 0 amide bonds. The zero-order chi connectivity index (χ0) is 48.9. The second-order valence-electron chi connectivity index (χ2n) is 19.6. The summed E-state index contributed by atoms with van der Waals surface area (Å²) in [5, 5.41) is 16.4. The van der Waals surface area contributed by atoms with Gasteiger partial charge in [0.2, 0.25) is 0 Å². The predicted molar refractivity (Wildman–Crippen MR) is 318 cm³/mol. The van der Waals surface area contributed by atoms with Crippen LogP contribution in [0.2, 0.25) is 0 Å². The van der Waals surface area contributed by atoms with E-state index < -0.39 is 0 Å². The van der Waals surface area contributed by atoms with Gasteiger partial charge in [-0.05, 0) is 131 Å². The van der Waals surface area contributed by atoms with E-state index in [1.807, 2.05) is 22.7 Å². The Morgan fingerprint density at radius 1 is 0.227 bits per heavy atom. The highest BCUT2D eigenvalue weighted by Gasteiger charge is 2.22. The average Bonchev–Trinajstić information content (AvgIpc) is 4.31. The van der Waals surface area contributed by atoms with Gasteiger partial charge in [-0.25, -0.2) is 0 Å². The summed E-state index contributed by atoms with van der Waals surface area (Å²) in [4.78, 5) is 4.64. The van der Waals surface area contributed by atoms with Crippen molar-refractivity contribution in [3.63, 3.8) is 0 Å². The molecule has 17 rings (SSSR count). The smallest absolute Gasteiger partial charge is 0.137 e. The lowest BCUT2D eigenvalue weighted by Gasteiger charge is -2.25. The van der Waals surface area contributed by atoms with Gasteiger partial charge in [-0.2, -0.15) is 0 Å². The van der Waals surface area contributed by atoms with Crippen molar-refractivity contribution in [1.29, 1.82) is 0 Å². The van der Waals surface area contributed by atoms with E-state index in [9.17, 15) is 0 Å². The van der Waals surface area contributed by atoms with E-state index in [0.29, 0.717) is 0 Å². The van der Waals surface area contributed by atoms with E-state index >= 15 is 0 Å². The second kappa shape index (κ2) is 15.6. The normalized spacial score (nSPS) is 12.3. The molecule has 0 bridgehead atoms. The zero-order valence-corrected chi connectivity index (χ0v) is 41.5. The average molecular weight is 995 g/mol. The standard InChI is InChI=1S/C68H38N2O3S2/c1-3-13-41(14-4-1)69(45-23-27-51-65(33-45)74-63-29-19-39-11-7-9-17-47(39)67(51)63)43-21-25-49-53-35-61-55(37-59(53)71-57(49)31-43)56-38-60-54(36-62(56)73-61)50-26-22-44(32-58(50)72-60)70(42-15-5-2-6-16-42)46-24-28-52-66(34-46)75-64-30-20-40-12-8-10-18-48(40)68(52)64/h1-38H. The first kappa shape index (κ1) is 41.1. The lowest BCUT2D eigenvalue weighted by Crippen LogP contribution is -2.09. The summed E-state index contributed by atoms with van der Waals surface area (Å²) >= 11 is 3.69. The molecule has 75 heavy (non-hydrogen) atoms. The lowest BCUT2D eigenvalue weighted by molar-refractivity contribution is 0.662. The molecule has 12 aromatic carbocycles. The SMILES string of the molecule is c1ccc(N(c2ccc3c(c2)oc2cc4c(cc23)oc2cc3c(cc24)oc2cc(N(c4ccccc4)c4ccc5c(c4)sc4ccc6ccccc6c45)ccc23)c2ccc3c(c2)sc2ccc4ccccc4c23)cc1. The summed E-state index contributed by atoms with van der Waals surface area (Å²) in [7, 11) is 0. The van der Waals surface area contributed by atoms with Crippen LogP contribution in [-0.2, 0) is 0 Å². The maximum Gasteiger partial charge on any atom is 0.137 e. The van der Waals surface area contributed by atoms with Gasteiger partial charge in [0, 0.05) is 119 Å². The maximum atomic E-state index is 6.80. The van der Waals surface area contributed by atoms with Crippen LogP contribution in [0.5, 0.6) is 0 Å². The third kappa shape index (κ3) is 6.17. The number of hydrogen-bond acceptors (Lipinski definition) is 7. The van der Waals surface area contributed by atoms with Crippen LogP contribution in [0.3, 0.4) is 0 Å². The van der Waals surface area contributed by atoms with Gasteiger partial charge < -0.3 is 23.1 Å². The van der Waals surface area contributed by atoms with E-state index in [2.05, 4.69) is 240 Å². The predicted octanol–water partition coefficient (Wildman–Crippen LogP) is 21.4. The molecule has 350 valence electrons. The monoisotopic (exact) mass is 994 g/mol. The van der Waals surface area contributed by atoms with Crippen LogP contribution in [0.15, 0.2) is 244 Å². The van der Waals surface area contributed by atoms with Crippen LogP contribution in [0.4, 0.5) is 34.1 Å². The number of benzene rings is 12. The molecule has 0 aliphatic heterocycles. The number of furan rings is 3. The van der Waals surface area contributed by atoms with Gasteiger partial charge in [0.15, 0.2) is 0 Å². The highest BCUT2D eigenvalue weighted by molar-refractivity contribution is 7.26. The van der Waals surface area contributed by atoms with E-state index in [1.165, 1.54) is 61.9 Å². The lowest BCUT2D eigenvalue weighted by atomic mass is 10.0. The molecule has 5 heterocycles.